The maximum atomic E-state index is 13.9. The Balaban J connectivity index is 1.82. The van der Waals surface area contributed by atoms with Crippen LogP contribution in [0.5, 0.6) is 0 Å². The van der Waals surface area contributed by atoms with E-state index in [0.29, 0.717) is 5.69 Å². The number of hydrogen-bond donors (Lipinski definition) is 1. The summed E-state index contributed by atoms with van der Waals surface area (Å²) in [7, 11) is 0. The van der Waals surface area contributed by atoms with Gasteiger partial charge in [0.05, 0.1) is 6.26 Å². The Hall–Kier alpha value is -2.96. The van der Waals surface area contributed by atoms with Crippen molar-refractivity contribution < 1.29 is 13.6 Å². The maximum absolute atomic E-state index is 13.9. The van der Waals surface area contributed by atoms with Gasteiger partial charge in [0.25, 0.3) is 5.91 Å². The van der Waals surface area contributed by atoms with Crippen molar-refractivity contribution >= 4 is 11.6 Å². The van der Waals surface area contributed by atoms with Gasteiger partial charge in [-0.1, -0.05) is 0 Å². The SMILES string of the molecule is O=C(Nc1ccc(-n2cncn2)c(F)c1)c1ccco1. The second kappa shape index (κ2) is 4.96. The first kappa shape index (κ1) is 12.1. The summed E-state index contributed by atoms with van der Waals surface area (Å²) in [5.41, 5.74) is 0.575. The Kier molecular flexibility index (Phi) is 3.00. The molecule has 0 atom stereocenters. The monoisotopic (exact) mass is 272 g/mol. The van der Waals surface area contributed by atoms with E-state index < -0.39 is 11.7 Å². The van der Waals surface area contributed by atoms with Crippen LogP contribution in [0.3, 0.4) is 0 Å². The molecule has 0 saturated heterocycles. The van der Waals surface area contributed by atoms with Crippen molar-refractivity contribution in [3.05, 3.63) is 60.8 Å². The van der Waals surface area contributed by atoms with Gasteiger partial charge in [0.1, 0.15) is 18.3 Å². The van der Waals surface area contributed by atoms with Crippen molar-refractivity contribution in [2.75, 3.05) is 5.32 Å². The van der Waals surface area contributed by atoms with Crippen LogP contribution in [0.2, 0.25) is 0 Å². The van der Waals surface area contributed by atoms with E-state index in [9.17, 15) is 9.18 Å². The average Bonchev–Trinajstić information content (AvgIpc) is 3.12. The highest BCUT2D eigenvalue weighted by atomic mass is 19.1. The molecule has 0 aliphatic heterocycles. The van der Waals surface area contributed by atoms with E-state index >= 15 is 0 Å². The molecular formula is C13H9FN4O2. The number of hydrogen-bond acceptors (Lipinski definition) is 4. The maximum Gasteiger partial charge on any atom is 0.291 e. The summed E-state index contributed by atoms with van der Waals surface area (Å²) in [6.07, 6.45) is 4.09. The van der Waals surface area contributed by atoms with Crippen molar-refractivity contribution in [3.63, 3.8) is 0 Å². The highest BCUT2D eigenvalue weighted by Crippen LogP contribution is 2.18. The van der Waals surface area contributed by atoms with Gasteiger partial charge < -0.3 is 9.73 Å². The Morgan fingerprint density at radius 3 is 2.90 bits per heavy atom. The van der Waals surface area contributed by atoms with Gasteiger partial charge in [-0.2, -0.15) is 5.10 Å². The summed E-state index contributed by atoms with van der Waals surface area (Å²) in [4.78, 5) is 15.5. The largest absolute Gasteiger partial charge is 0.459 e. The third kappa shape index (κ3) is 2.28. The fourth-order valence-corrected chi connectivity index (χ4v) is 1.70. The van der Waals surface area contributed by atoms with Gasteiger partial charge >= 0.3 is 0 Å². The summed E-state index contributed by atoms with van der Waals surface area (Å²) in [6.45, 7) is 0. The lowest BCUT2D eigenvalue weighted by Gasteiger charge is -2.06. The molecule has 100 valence electrons. The van der Waals surface area contributed by atoms with Crippen LogP contribution in [0.25, 0.3) is 5.69 Å². The number of rotatable bonds is 3. The number of anilines is 1. The lowest BCUT2D eigenvalue weighted by atomic mass is 10.2. The topological polar surface area (TPSA) is 73.0 Å². The molecule has 3 aromatic rings. The molecule has 0 aliphatic rings. The molecule has 3 rings (SSSR count). The lowest BCUT2D eigenvalue weighted by molar-refractivity contribution is 0.0996. The molecule has 7 heteroatoms. The van der Waals surface area contributed by atoms with Gasteiger partial charge in [0.15, 0.2) is 11.6 Å². The fourth-order valence-electron chi connectivity index (χ4n) is 1.70. The van der Waals surface area contributed by atoms with Gasteiger partial charge in [-0.3, -0.25) is 4.79 Å². The first-order valence-corrected chi connectivity index (χ1v) is 5.73. The molecule has 0 spiro atoms. The molecule has 2 aromatic heterocycles. The molecular weight excluding hydrogens is 263 g/mol. The first-order chi connectivity index (χ1) is 9.74. The Bertz CT molecular complexity index is 723. The molecule has 1 amide bonds. The number of aromatic nitrogens is 3. The third-order valence-corrected chi connectivity index (χ3v) is 2.62. The normalized spacial score (nSPS) is 10.4. The standard InChI is InChI=1S/C13H9FN4O2/c14-10-6-9(17-13(19)12-2-1-5-20-12)3-4-11(10)18-8-15-7-16-18/h1-8H,(H,17,19). The van der Waals surface area contributed by atoms with Gasteiger partial charge in [-0.05, 0) is 30.3 Å². The van der Waals surface area contributed by atoms with Crippen LogP contribution in [-0.4, -0.2) is 20.7 Å². The van der Waals surface area contributed by atoms with Gasteiger partial charge in [-0.15, -0.1) is 0 Å². The minimum Gasteiger partial charge on any atom is -0.459 e. The van der Waals surface area contributed by atoms with Crippen LogP contribution in [0.15, 0.2) is 53.7 Å². The first-order valence-electron chi connectivity index (χ1n) is 5.73. The van der Waals surface area contributed by atoms with E-state index in [1.54, 1.807) is 12.1 Å². The lowest BCUT2D eigenvalue weighted by Crippen LogP contribution is -2.11. The number of furan rings is 1. The Labute approximate surface area is 112 Å². The zero-order chi connectivity index (χ0) is 13.9. The molecule has 0 aliphatic carbocycles. The van der Waals surface area contributed by atoms with Gasteiger partial charge in [0.2, 0.25) is 0 Å². The zero-order valence-electron chi connectivity index (χ0n) is 10.2. The van der Waals surface area contributed by atoms with E-state index in [1.165, 1.54) is 41.8 Å². The molecule has 0 saturated carbocycles. The van der Waals surface area contributed by atoms with Crippen molar-refractivity contribution in [1.29, 1.82) is 0 Å². The zero-order valence-corrected chi connectivity index (χ0v) is 10.2. The Morgan fingerprint density at radius 2 is 2.25 bits per heavy atom. The van der Waals surface area contributed by atoms with Crippen LogP contribution in [0.4, 0.5) is 10.1 Å². The van der Waals surface area contributed by atoms with Gasteiger partial charge in [0, 0.05) is 5.69 Å². The number of carbonyl (C=O) groups excluding carboxylic acids is 1. The average molecular weight is 272 g/mol. The molecule has 20 heavy (non-hydrogen) atoms. The van der Waals surface area contributed by atoms with Crippen LogP contribution in [-0.2, 0) is 0 Å². The number of nitrogens with one attached hydrogen (secondary N) is 1. The van der Waals surface area contributed by atoms with E-state index in [-0.39, 0.29) is 11.4 Å². The molecule has 0 fully saturated rings. The molecule has 1 aromatic carbocycles. The fraction of sp³-hybridized carbons (Fsp3) is 0. The molecule has 0 unspecified atom stereocenters. The minimum atomic E-state index is -0.521. The molecule has 6 nitrogen and oxygen atoms in total. The number of halogens is 1. The van der Waals surface area contributed by atoms with Gasteiger partial charge in [-0.25, -0.2) is 14.1 Å². The molecule has 2 heterocycles. The van der Waals surface area contributed by atoms with E-state index in [1.807, 2.05) is 0 Å². The van der Waals surface area contributed by atoms with E-state index in [0.717, 1.165) is 0 Å². The highest BCUT2D eigenvalue weighted by Gasteiger charge is 2.11. The van der Waals surface area contributed by atoms with Crippen molar-refractivity contribution in [2.45, 2.75) is 0 Å². The summed E-state index contributed by atoms with van der Waals surface area (Å²) >= 11 is 0. The number of benzene rings is 1. The predicted molar refractivity (Wildman–Crippen MR) is 68.0 cm³/mol. The second-order valence-corrected chi connectivity index (χ2v) is 3.94. The van der Waals surface area contributed by atoms with Crippen molar-refractivity contribution in [2.24, 2.45) is 0 Å². The second-order valence-electron chi connectivity index (χ2n) is 3.94. The number of nitrogens with zero attached hydrogens (tertiary/aromatic N) is 3. The van der Waals surface area contributed by atoms with E-state index in [2.05, 4.69) is 15.4 Å². The number of amides is 1. The summed E-state index contributed by atoms with van der Waals surface area (Å²) in [5, 5.41) is 6.38. The Morgan fingerprint density at radius 1 is 1.35 bits per heavy atom. The van der Waals surface area contributed by atoms with Crippen LogP contribution in [0.1, 0.15) is 10.6 Å². The predicted octanol–water partition coefficient (Wildman–Crippen LogP) is 2.25. The van der Waals surface area contributed by atoms with Crippen molar-refractivity contribution in [1.82, 2.24) is 14.8 Å². The van der Waals surface area contributed by atoms with Crippen molar-refractivity contribution in [3.8, 4) is 5.69 Å². The highest BCUT2D eigenvalue weighted by molar-refractivity contribution is 6.02. The van der Waals surface area contributed by atoms with Crippen LogP contribution < -0.4 is 5.32 Å². The summed E-state index contributed by atoms with van der Waals surface area (Å²) < 4.78 is 20.2. The minimum absolute atomic E-state index is 0.158. The summed E-state index contributed by atoms with van der Waals surface area (Å²) in [6, 6.07) is 7.40. The smallest absolute Gasteiger partial charge is 0.291 e. The molecule has 1 N–H and O–H groups in total. The quantitative estimate of drug-likeness (QED) is 0.793. The van der Waals surface area contributed by atoms with Crippen LogP contribution >= 0.6 is 0 Å². The molecule has 0 radical (unpaired) electrons. The van der Waals surface area contributed by atoms with Crippen LogP contribution in [0, 0.1) is 5.82 Å². The molecule has 0 bridgehead atoms. The summed E-state index contributed by atoms with van der Waals surface area (Å²) in [5.74, 6) is -0.804. The third-order valence-electron chi connectivity index (χ3n) is 2.62. The van der Waals surface area contributed by atoms with E-state index in [4.69, 9.17) is 4.42 Å². The number of carbonyl (C=O) groups is 1.